The van der Waals surface area contributed by atoms with Gasteiger partial charge in [0.15, 0.2) is 17.2 Å². The summed E-state index contributed by atoms with van der Waals surface area (Å²) in [4.78, 5) is 13.5. The van der Waals surface area contributed by atoms with Crippen LogP contribution in [0.15, 0.2) is 30.3 Å². The average molecular weight is 335 g/mol. The molecule has 2 aromatic rings. The Morgan fingerprint density at radius 2 is 2.08 bits per heavy atom. The van der Waals surface area contributed by atoms with Crippen LogP contribution in [0.3, 0.4) is 0 Å². The summed E-state index contributed by atoms with van der Waals surface area (Å²) >= 11 is 0. The number of para-hydroxylation sites is 2. The Labute approximate surface area is 139 Å². The minimum absolute atomic E-state index is 0.0231. The van der Waals surface area contributed by atoms with E-state index in [9.17, 15) is 9.90 Å². The lowest BCUT2D eigenvalue weighted by atomic mass is 10.3. The van der Waals surface area contributed by atoms with E-state index in [4.69, 9.17) is 14.6 Å². The number of carbonyl (C=O) groups excluding carboxylic acids is 1. The van der Waals surface area contributed by atoms with Crippen molar-refractivity contribution in [2.45, 2.75) is 12.7 Å². The number of H-pyrrole nitrogens is 1. The van der Waals surface area contributed by atoms with Crippen molar-refractivity contribution in [3.63, 3.8) is 0 Å². The monoisotopic (exact) mass is 335 g/mol. The predicted octanol–water partition coefficient (Wildman–Crippen LogP) is 0.423. The van der Waals surface area contributed by atoms with Crippen molar-refractivity contribution in [2.24, 2.45) is 0 Å². The number of likely N-dealkylation sites (N-methyl/N-ethyl adjacent to an activating group) is 1. The van der Waals surface area contributed by atoms with Gasteiger partial charge in [-0.25, -0.2) is 0 Å². The van der Waals surface area contributed by atoms with E-state index in [2.05, 4.69) is 10.2 Å². The molecule has 0 fully saturated rings. The van der Waals surface area contributed by atoms with Gasteiger partial charge in [0, 0.05) is 13.6 Å². The third-order valence-corrected chi connectivity index (χ3v) is 3.34. The van der Waals surface area contributed by atoms with Gasteiger partial charge in [-0.2, -0.15) is 5.10 Å². The Bertz CT molecular complexity index is 673. The summed E-state index contributed by atoms with van der Waals surface area (Å²) in [5.41, 5.74) is 0.835. The smallest absolute Gasteiger partial charge is 0.274 e. The van der Waals surface area contributed by atoms with E-state index < -0.39 is 12.7 Å². The fourth-order valence-electron chi connectivity index (χ4n) is 2.09. The quantitative estimate of drug-likeness (QED) is 0.645. The maximum absolute atomic E-state index is 12.2. The van der Waals surface area contributed by atoms with E-state index in [-0.39, 0.29) is 24.8 Å². The molecule has 8 heteroatoms. The lowest BCUT2D eigenvalue weighted by molar-refractivity contribution is 0.0516. The number of methoxy groups -OCH3 is 1. The molecule has 2 rings (SSSR count). The van der Waals surface area contributed by atoms with Gasteiger partial charge in [0.25, 0.3) is 5.91 Å². The van der Waals surface area contributed by atoms with Crippen LogP contribution in [0.25, 0.3) is 0 Å². The van der Waals surface area contributed by atoms with E-state index in [0.29, 0.717) is 17.2 Å². The highest BCUT2D eigenvalue weighted by Crippen LogP contribution is 2.26. The molecule has 130 valence electrons. The van der Waals surface area contributed by atoms with E-state index in [1.165, 1.54) is 11.9 Å². The first-order chi connectivity index (χ1) is 11.5. The fourth-order valence-corrected chi connectivity index (χ4v) is 2.09. The van der Waals surface area contributed by atoms with Gasteiger partial charge in [0.05, 0.1) is 25.5 Å². The first-order valence-corrected chi connectivity index (χ1v) is 7.39. The maximum Gasteiger partial charge on any atom is 0.274 e. The summed E-state index contributed by atoms with van der Waals surface area (Å²) in [5, 5.41) is 24.9. The first-order valence-electron chi connectivity index (χ1n) is 7.39. The van der Waals surface area contributed by atoms with Crippen molar-refractivity contribution in [3.05, 3.63) is 41.7 Å². The number of ether oxygens (including phenoxy) is 2. The molecule has 24 heavy (non-hydrogen) atoms. The third-order valence-electron chi connectivity index (χ3n) is 3.34. The van der Waals surface area contributed by atoms with Gasteiger partial charge in [0.1, 0.15) is 6.61 Å². The van der Waals surface area contributed by atoms with Crippen molar-refractivity contribution in [1.82, 2.24) is 15.1 Å². The molecule has 0 bridgehead atoms. The average Bonchev–Trinajstić information content (AvgIpc) is 3.08. The van der Waals surface area contributed by atoms with E-state index in [0.717, 1.165) is 0 Å². The molecule has 1 amide bonds. The molecule has 0 unspecified atom stereocenters. The molecule has 1 heterocycles. The molecular weight excluding hydrogens is 314 g/mol. The van der Waals surface area contributed by atoms with Gasteiger partial charge in [-0.15, -0.1) is 0 Å². The highest BCUT2D eigenvalue weighted by molar-refractivity contribution is 5.92. The van der Waals surface area contributed by atoms with Crippen molar-refractivity contribution in [2.75, 3.05) is 27.3 Å². The van der Waals surface area contributed by atoms with Gasteiger partial charge >= 0.3 is 0 Å². The molecule has 0 aliphatic heterocycles. The van der Waals surface area contributed by atoms with Gasteiger partial charge in [-0.05, 0) is 18.2 Å². The summed E-state index contributed by atoms with van der Waals surface area (Å²) in [6, 6.07) is 8.83. The number of aromatic amines is 1. The molecule has 1 aromatic heterocycles. The van der Waals surface area contributed by atoms with Crippen molar-refractivity contribution >= 4 is 5.91 Å². The van der Waals surface area contributed by atoms with E-state index in [1.807, 2.05) is 12.1 Å². The highest BCUT2D eigenvalue weighted by atomic mass is 16.5. The number of nitrogens with one attached hydrogen (secondary N) is 1. The minimum atomic E-state index is -0.980. The number of hydrogen-bond acceptors (Lipinski definition) is 6. The molecule has 1 aromatic carbocycles. The summed E-state index contributed by atoms with van der Waals surface area (Å²) in [6.07, 6.45) is -0.980. The zero-order chi connectivity index (χ0) is 17.5. The number of nitrogens with zero attached hydrogens (tertiary/aromatic N) is 2. The van der Waals surface area contributed by atoms with Crippen molar-refractivity contribution < 1.29 is 24.5 Å². The molecule has 1 atom stereocenters. The SMILES string of the molecule is COc1ccccc1OCc1cc(C(=O)N(C)C[C@@H](O)CO)n[nH]1. The molecule has 3 N–H and O–H groups in total. The lowest BCUT2D eigenvalue weighted by Gasteiger charge is -2.18. The van der Waals surface area contributed by atoms with Crippen LogP contribution in [-0.2, 0) is 6.61 Å². The predicted molar refractivity (Wildman–Crippen MR) is 86.0 cm³/mol. The van der Waals surface area contributed by atoms with Crippen molar-refractivity contribution in [1.29, 1.82) is 0 Å². The molecule has 0 radical (unpaired) electrons. The Balaban J connectivity index is 1.96. The second-order valence-corrected chi connectivity index (χ2v) is 5.24. The fraction of sp³-hybridized carbons (Fsp3) is 0.375. The molecule has 0 aliphatic carbocycles. The van der Waals surface area contributed by atoms with Crippen LogP contribution >= 0.6 is 0 Å². The molecule has 0 saturated carbocycles. The Morgan fingerprint density at radius 1 is 1.38 bits per heavy atom. The van der Waals surface area contributed by atoms with Crippen LogP contribution in [0.4, 0.5) is 0 Å². The van der Waals surface area contributed by atoms with Crippen LogP contribution in [0.1, 0.15) is 16.2 Å². The van der Waals surface area contributed by atoms with Crippen LogP contribution in [0.5, 0.6) is 11.5 Å². The summed E-state index contributed by atoms with van der Waals surface area (Å²) in [5.74, 6) is 0.846. The second kappa shape index (κ2) is 8.32. The zero-order valence-corrected chi connectivity index (χ0v) is 13.6. The molecular formula is C16H21N3O5. The number of aliphatic hydroxyl groups is 2. The largest absolute Gasteiger partial charge is 0.493 e. The number of rotatable bonds is 8. The maximum atomic E-state index is 12.2. The third kappa shape index (κ3) is 4.46. The van der Waals surface area contributed by atoms with Gasteiger partial charge in [-0.3, -0.25) is 9.89 Å². The van der Waals surface area contributed by atoms with Crippen LogP contribution < -0.4 is 9.47 Å². The number of aliphatic hydroxyl groups excluding tert-OH is 2. The molecule has 8 nitrogen and oxygen atoms in total. The van der Waals surface area contributed by atoms with E-state index in [1.54, 1.807) is 25.3 Å². The highest BCUT2D eigenvalue weighted by Gasteiger charge is 2.18. The van der Waals surface area contributed by atoms with Gasteiger partial charge in [-0.1, -0.05) is 12.1 Å². The lowest BCUT2D eigenvalue weighted by Crippen LogP contribution is -2.36. The first kappa shape index (κ1) is 17.8. The normalized spacial score (nSPS) is 11.8. The van der Waals surface area contributed by atoms with E-state index >= 15 is 0 Å². The molecule has 0 spiro atoms. The molecule has 0 saturated heterocycles. The Kier molecular flexibility index (Phi) is 6.16. The number of amides is 1. The van der Waals surface area contributed by atoms with Crippen LogP contribution in [0, 0.1) is 0 Å². The van der Waals surface area contributed by atoms with Gasteiger partial charge < -0.3 is 24.6 Å². The number of benzene rings is 1. The zero-order valence-electron chi connectivity index (χ0n) is 13.6. The molecule has 0 aliphatic rings. The number of hydrogen-bond donors (Lipinski definition) is 3. The van der Waals surface area contributed by atoms with Gasteiger partial charge in [0.2, 0.25) is 0 Å². The topological polar surface area (TPSA) is 108 Å². The standard InChI is InChI=1S/C16H21N3O5/c1-19(8-12(21)9-20)16(22)13-7-11(17-18-13)10-24-15-6-4-3-5-14(15)23-2/h3-7,12,20-21H,8-10H2,1-2H3,(H,17,18)/t12-/m1/s1. The Morgan fingerprint density at radius 3 is 2.75 bits per heavy atom. The second-order valence-electron chi connectivity index (χ2n) is 5.24. The Hall–Kier alpha value is -2.58. The minimum Gasteiger partial charge on any atom is -0.493 e. The van der Waals surface area contributed by atoms with Crippen molar-refractivity contribution in [3.8, 4) is 11.5 Å². The summed E-state index contributed by atoms with van der Waals surface area (Å²) in [7, 11) is 3.09. The number of aromatic nitrogens is 2. The summed E-state index contributed by atoms with van der Waals surface area (Å²) in [6.45, 7) is -0.185. The summed E-state index contributed by atoms with van der Waals surface area (Å²) < 4.78 is 10.9. The van der Waals surface area contributed by atoms with Crippen LogP contribution in [0.2, 0.25) is 0 Å². The van der Waals surface area contributed by atoms with Crippen LogP contribution in [-0.4, -0.2) is 64.6 Å². The number of carbonyl (C=O) groups is 1.